The first-order valence-electron chi connectivity index (χ1n) is 4.19. The molecule has 0 aliphatic rings. The van der Waals surface area contributed by atoms with Crippen LogP contribution in [0.5, 0.6) is 0 Å². The van der Waals surface area contributed by atoms with Crippen molar-refractivity contribution in [3.63, 3.8) is 0 Å². The van der Waals surface area contributed by atoms with Crippen LogP contribution < -0.4 is 5.32 Å². The van der Waals surface area contributed by atoms with Gasteiger partial charge in [-0.1, -0.05) is 11.6 Å². The molecule has 0 bridgehead atoms. The van der Waals surface area contributed by atoms with Crippen LogP contribution in [-0.2, 0) is 0 Å². The van der Waals surface area contributed by atoms with E-state index in [4.69, 9.17) is 11.6 Å². The van der Waals surface area contributed by atoms with Crippen LogP contribution in [0.25, 0.3) is 0 Å². The van der Waals surface area contributed by atoms with Gasteiger partial charge in [0.25, 0.3) is 0 Å². The van der Waals surface area contributed by atoms with E-state index < -0.39 is 11.7 Å². The normalized spacial score (nSPS) is 11.9. The maximum atomic E-state index is 12.7. The van der Waals surface area contributed by atoms with Crippen molar-refractivity contribution in [2.45, 2.75) is 16.6 Å². The van der Waals surface area contributed by atoms with Crippen molar-refractivity contribution in [1.29, 1.82) is 0 Å². The highest BCUT2D eigenvalue weighted by Crippen LogP contribution is 2.41. The van der Waals surface area contributed by atoms with E-state index >= 15 is 0 Å². The van der Waals surface area contributed by atoms with Crippen LogP contribution in [-0.4, -0.2) is 18.7 Å². The zero-order chi connectivity index (χ0) is 12.3. The molecule has 0 saturated carbocycles. The largest absolute Gasteiger partial charge is 0.387 e. The summed E-state index contributed by atoms with van der Waals surface area (Å²) in [5, 5.41) is -1.17. The molecule has 0 atom stereocenters. The standard InChI is InChI=1S/C9H8ClF4NS/c1-15-7-3-2-5(4-6(7)10)16-9(13,14)8(11)12/h2-4,8,15H,1H3. The summed E-state index contributed by atoms with van der Waals surface area (Å²) in [5.41, 5.74) is 0.548. The Morgan fingerprint density at radius 1 is 1.38 bits per heavy atom. The maximum absolute atomic E-state index is 12.7. The summed E-state index contributed by atoms with van der Waals surface area (Å²) in [4.78, 5) is -0.00528. The number of thioether (sulfide) groups is 1. The highest BCUT2D eigenvalue weighted by molar-refractivity contribution is 8.00. The molecule has 0 aliphatic carbocycles. The number of halogens is 5. The second-order valence-corrected chi connectivity index (χ2v) is 4.48. The lowest BCUT2D eigenvalue weighted by Crippen LogP contribution is -2.21. The average molecular weight is 274 g/mol. The topological polar surface area (TPSA) is 12.0 Å². The fourth-order valence-electron chi connectivity index (χ4n) is 0.964. The van der Waals surface area contributed by atoms with Crippen molar-refractivity contribution in [2.75, 3.05) is 12.4 Å². The minimum absolute atomic E-state index is 0.00528. The third-order valence-corrected chi connectivity index (χ3v) is 2.97. The smallest absolute Gasteiger partial charge is 0.357 e. The van der Waals surface area contributed by atoms with Crippen LogP contribution in [0.4, 0.5) is 23.2 Å². The fraction of sp³-hybridized carbons (Fsp3) is 0.333. The van der Waals surface area contributed by atoms with Crippen molar-refractivity contribution in [1.82, 2.24) is 0 Å². The van der Waals surface area contributed by atoms with Crippen LogP contribution in [0.3, 0.4) is 0 Å². The van der Waals surface area contributed by atoms with Crippen molar-refractivity contribution >= 4 is 29.1 Å². The van der Waals surface area contributed by atoms with Crippen LogP contribution >= 0.6 is 23.4 Å². The van der Waals surface area contributed by atoms with Gasteiger partial charge in [-0.2, -0.15) is 8.78 Å². The molecular formula is C9H8ClF4NS. The Balaban J connectivity index is 2.87. The molecule has 90 valence electrons. The molecule has 1 rings (SSSR count). The Bertz CT molecular complexity index is 373. The van der Waals surface area contributed by atoms with E-state index in [2.05, 4.69) is 5.32 Å². The molecule has 0 radical (unpaired) electrons. The lowest BCUT2D eigenvalue weighted by Gasteiger charge is -2.14. The second-order valence-electron chi connectivity index (χ2n) is 2.86. The molecule has 1 N–H and O–H groups in total. The lowest BCUT2D eigenvalue weighted by molar-refractivity contribution is -0.0563. The summed E-state index contributed by atoms with van der Waals surface area (Å²) in [5.74, 6) is 0. The van der Waals surface area contributed by atoms with Gasteiger partial charge in [-0.15, -0.1) is 0 Å². The molecule has 1 aromatic carbocycles. The molecule has 0 saturated heterocycles. The van der Waals surface area contributed by atoms with Crippen LogP contribution in [0.1, 0.15) is 0 Å². The van der Waals surface area contributed by atoms with Gasteiger partial charge in [0, 0.05) is 11.9 Å². The molecule has 0 fully saturated rings. The van der Waals surface area contributed by atoms with Crippen LogP contribution in [0.15, 0.2) is 23.1 Å². The molecule has 0 aromatic heterocycles. The molecule has 0 spiro atoms. The SMILES string of the molecule is CNc1ccc(SC(F)(F)C(F)F)cc1Cl. The predicted octanol–water partition coefficient (Wildman–Crippen LogP) is 4.33. The Labute approximate surface area is 99.2 Å². The van der Waals surface area contributed by atoms with Crippen molar-refractivity contribution in [3.8, 4) is 0 Å². The van der Waals surface area contributed by atoms with Gasteiger partial charge < -0.3 is 5.32 Å². The van der Waals surface area contributed by atoms with E-state index in [0.29, 0.717) is 5.69 Å². The van der Waals surface area contributed by atoms with Crippen molar-refractivity contribution < 1.29 is 17.6 Å². The maximum Gasteiger partial charge on any atom is 0.357 e. The van der Waals surface area contributed by atoms with Crippen LogP contribution in [0.2, 0.25) is 5.02 Å². The fourth-order valence-corrected chi connectivity index (χ4v) is 2.02. The van der Waals surface area contributed by atoms with Gasteiger partial charge in [0.1, 0.15) is 0 Å². The number of nitrogens with one attached hydrogen (secondary N) is 1. The molecule has 0 unspecified atom stereocenters. The zero-order valence-electron chi connectivity index (χ0n) is 8.11. The van der Waals surface area contributed by atoms with E-state index in [9.17, 15) is 17.6 Å². The number of alkyl halides is 4. The third kappa shape index (κ3) is 3.18. The summed E-state index contributed by atoms with van der Waals surface area (Å²) in [6, 6.07) is 3.97. The van der Waals surface area contributed by atoms with Gasteiger partial charge in [-0.05, 0) is 30.0 Å². The quantitative estimate of drug-likeness (QED) is 0.647. The minimum atomic E-state index is -4.11. The first kappa shape index (κ1) is 13.4. The Morgan fingerprint density at radius 3 is 2.44 bits per heavy atom. The number of hydrogen-bond donors (Lipinski definition) is 1. The summed E-state index contributed by atoms with van der Waals surface area (Å²) in [6.45, 7) is 0. The van der Waals surface area contributed by atoms with E-state index in [-0.39, 0.29) is 21.7 Å². The van der Waals surface area contributed by atoms with Gasteiger partial charge in [0.2, 0.25) is 0 Å². The number of hydrogen-bond acceptors (Lipinski definition) is 2. The second kappa shape index (κ2) is 5.14. The highest BCUT2D eigenvalue weighted by atomic mass is 35.5. The number of benzene rings is 1. The molecule has 0 aliphatic heterocycles. The molecule has 1 nitrogen and oxygen atoms in total. The molecule has 16 heavy (non-hydrogen) atoms. The predicted molar refractivity (Wildman–Crippen MR) is 57.8 cm³/mol. The number of rotatable bonds is 4. The monoisotopic (exact) mass is 273 g/mol. The van der Waals surface area contributed by atoms with E-state index in [1.165, 1.54) is 18.2 Å². The lowest BCUT2D eigenvalue weighted by atomic mass is 10.3. The van der Waals surface area contributed by atoms with Gasteiger partial charge in [0.05, 0.1) is 10.7 Å². The van der Waals surface area contributed by atoms with Crippen molar-refractivity contribution in [3.05, 3.63) is 23.2 Å². The van der Waals surface area contributed by atoms with E-state index in [1.807, 2.05) is 0 Å². The Hall–Kier alpha value is -0.620. The highest BCUT2D eigenvalue weighted by Gasteiger charge is 2.41. The molecule has 1 aromatic rings. The third-order valence-electron chi connectivity index (χ3n) is 1.72. The first-order chi connectivity index (χ1) is 7.36. The van der Waals surface area contributed by atoms with E-state index in [0.717, 1.165) is 0 Å². The molecular weight excluding hydrogens is 266 g/mol. The van der Waals surface area contributed by atoms with E-state index in [1.54, 1.807) is 7.05 Å². The molecule has 7 heteroatoms. The average Bonchev–Trinajstić information content (AvgIpc) is 2.17. The van der Waals surface area contributed by atoms with Crippen LogP contribution in [0, 0.1) is 0 Å². The molecule has 0 amide bonds. The molecule has 0 heterocycles. The Morgan fingerprint density at radius 2 is 2.00 bits per heavy atom. The number of anilines is 1. The summed E-state index contributed by atoms with van der Waals surface area (Å²) in [7, 11) is 1.61. The van der Waals surface area contributed by atoms with Gasteiger partial charge in [0.15, 0.2) is 0 Å². The Kier molecular flexibility index (Phi) is 4.32. The van der Waals surface area contributed by atoms with Crippen molar-refractivity contribution in [2.24, 2.45) is 0 Å². The first-order valence-corrected chi connectivity index (χ1v) is 5.38. The summed E-state index contributed by atoms with van der Waals surface area (Å²) >= 11 is 5.52. The summed E-state index contributed by atoms with van der Waals surface area (Å²) < 4.78 is 49.3. The summed E-state index contributed by atoms with van der Waals surface area (Å²) in [6.07, 6.45) is -3.71. The van der Waals surface area contributed by atoms with Gasteiger partial charge in [-0.25, -0.2) is 8.78 Å². The van der Waals surface area contributed by atoms with Gasteiger partial charge >= 0.3 is 11.7 Å². The minimum Gasteiger partial charge on any atom is -0.387 e. The zero-order valence-corrected chi connectivity index (χ0v) is 9.68. The van der Waals surface area contributed by atoms with Gasteiger partial charge in [-0.3, -0.25) is 0 Å².